The molecule has 0 aromatic heterocycles. The zero-order valence-electron chi connectivity index (χ0n) is 15.0. The number of hydrogen-bond acceptors (Lipinski definition) is 3. The minimum Gasteiger partial charge on any atom is -0.379 e. The fraction of sp³-hybridized carbons (Fsp3) is 0.350. The van der Waals surface area contributed by atoms with Gasteiger partial charge in [0.25, 0.3) is 0 Å². The molecule has 0 atom stereocenters. The molecule has 0 spiro atoms. The Morgan fingerprint density at radius 2 is 1.80 bits per heavy atom. The molecule has 2 aromatic rings. The molecule has 5 nitrogen and oxygen atoms in total. The van der Waals surface area contributed by atoms with Crippen LogP contribution in [0.1, 0.15) is 23.6 Å². The molecule has 0 saturated carbocycles. The molecule has 134 valence electrons. The van der Waals surface area contributed by atoms with E-state index in [-0.39, 0.29) is 0 Å². The molecule has 5 heteroatoms. The molecule has 0 aliphatic rings. The van der Waals surface area contributed by atoms with Crippen LogP contribution in [0.4, 0.5) is 5.69 Å². The summed E-state index contributed by atoms with van der Waals surface area (Å²) in [6.07, 6.45) is 0. The summed E-state index contributed by atoms with van der Waals surface area (Å²) in [7, 11) is 0. The predicted molar refractivity (Wildman–Crippen MR) is 103 cm³/mol. The molecule has 0 aliphatic carbocycles. The van der Waals surface area contributed by atoms with Gasteiger partial charge in [-0.05, 0) is 42.7 Å². The van der Waals surface area contributed by atoms with Crippen LogP contribution in [0.3, 0.4) is 0 Å². The van der Waals surface area contributed by atoms with Crippen molar-refractivity contribution in [1.82, 2.24) is 0 Å². The first-order valence-corrected chi connectivity index (χ1v) is 8.54. The molecule has 2 aromatic carbocycles. The normalized spacial score (nSPS) is 11.5. The maximum absolute atomic E-state index is 5.97. The number of nitrogens with zero attached hydrogens (tertiary/aromatic N) is 1. The van der Waals surface area contributed by atoms with Gasteiger partial charge in [0, 0.05) is 12.3 Å². The summed E-state index contributed by atoms with van der Waals surface area (Å²) >= 11 is 0. The Morgan fingerprint density at radius 1 is 1.04 bits per heavy atom. The van der Waals surface area contributed by atoms with E-state index < -0.39 is 0 Å². The van der Waals surface area contributed by atoms with Gasteiger partial charge in [-0.1, -0.05) is 36.4 Å². The quantitative estimate of drug-likeness (QED) is 0.416. The van der Waals surface area contributed by atoms with E-state index in [2.05, 4.69) is 16.4 Å². The first-order valence-electron chi connectivity index (χ1n) is 8.54. The lowest BCUT2D eigenvalue weighted by Crippen LogP contribution is -2.22. The topological polar surface area (TPSA) is 68.9 Å². The van der Waals surface area contributed by atoms with Crippen molar-refractivity contribution in [2.45, 2.75) is 27.0 Å². The highest BCUT2D eigenvalue weighted by molar-refractivity contribution is 5.92. The number of rotatable bonds is 9. The van der Waals surface area contributed by atoms with Crippen molar-refractivity contribution < 1.29 is 9.47 Å². The van der Waals surface area contributed by atoms with E-state index in [4.69, 9.17) is 15.2 Å². The van der Waals surface area contributed by atoms with Crippen molar-refractivity contribution >= 4 is 11.6 Å². The Hall–Kier alpha value is -2.37. The van der Waals surface area contributed by atoms with Gasteiger partial charge in [0.1, 0.15) is 0 Å². The van der Waals surface area contributed by atoms with Crippen molar-refractivity contribution in [1.29, 1.82) is 0 Å². The van der Waals surface area contributed by atoms with Gasteiger partial charge in [-0.25, -0.2) is 4.99 Å². The zero-order valence-corrected chi connectivity index (χ0v) is 15.0. The summed E-state index contributed by atoms with van der Waals surface area (Å²) in [5.74, 6) is 0.406. The number of hydrogen-bond donors (Lipinski definition) is 2. The highest BCUT2D eigenvalue weighted by Gasteiger charge is 1.99. The van der Waals surface area contributed by atoms with Crippen LogP contribution in [0.5, 0.6) is 0 Å². The van der Waals surface area contributed by atoms with Gasteiger partial charge in [0.05, 0.1) is 26.4 Å². The molecule has 2 rings (SSSR count). The van der Waals surface area contributed by atoms with E-state index in [0.29, 0.717) is 32.3 Å². The second kappa shape index (κ2) is 10.5. The average molecular weight is 341 g/mol. The minimum atomic E-state index is 0.406. The molecule has 0 bridgehead atoms. The van der Waals surface area contributed by atoms with Gasteiger partial charge in [-0.3, -0.25) is 0 Å². The molecular weight excluding hydrogens is 314 g/mol. The van der Waals surface area contributed by atoms with Crippen molar-refractivity contribution in [2.75, 3.05) is 25.1 Å². The molecule has 0 heterocycles. The zero-order chi connectivity index (χ0) is 17.9. The third-order valence-electron chi connectivity index (χ3n) is 3.56. The number of nitrogens with two attached hydrogens (primary N) is 1. The molecule has 3 N–H and O–H groups in total. The second-order valence-electron chi connectivity index (χ2n) is 5.77. The number of aliphatic imine (C=N–C) groups is 1. The highest BCUT2D eigenvalue weighted by atomic mass is 16.5. The molecule has 25 heavy (non-hydrogen) atoms. The van der Waals surface area contributed by atoms with Crippen molar-refractivity contribution in [2.24, 2.45) is 10.7 Å². The van der Waals surface area contributed by atoms with E-state index in [1.54, 1.807) is 0 Å². The van der Waals surface area contributed by atoms with Gasteiger partial charge >= 0.3 is 0 Å². The summed E-state index contributed by atoms with van der Waals surface area (Å²) in [6.45, 7) is 7.06. The van der Waals surface area contributed by atoms with Crippen LogP contribution < -0.4 is 11.1 Å². The monoisotopic (exact) mass is 341 g/mol. The number of nitrogens with one attached hydrogen (secondary N) is 1. The van der Waals surface area contributed by atoms with Crippen molar-refractivity contribution in [3.63, 3.8) is 0 Å². The van der Waals surface area contributed by atoms with Gasteiger partial charge in [0.2, 0.25) is 0 Å². The molecule has 0 saturated heterocycles. The number of ether oxygens (including phenoxy) is 2. The maximum atomic E-state index is 5.97. The molecule has 0 amide bonds. The van der Waals surface area contributed by atoms with Gasteiger partial charge in [0.15, 0.2) is 5.96 Å². The predicted octanol–water partition coefficient (Wildman–Crippen LogP) is 3.47. The average Bonchev–Trinajstić information content (AvgIpc) is 2.60. The maximum Gasteiger partial charge on any atom is 0.193 e. The van der Waals surface area contributed by atoms with Crippen molar-refractivity contribution in [3.8, 4) is 0 Å². The smallest absolute Gasteiger partial charge is 0.193 e. The lowest BCUT2D eigenvalue weighted by Gasteiger charge is -2.08. The van der Waals surface area contributed by atoms with E-state index in [1.165, 1.54) is 5.56 Å². The van der Waals surface area contributed by atoms with Crippen molar-refractivity contribution in [3.05, 3.63) is 65.2 Å². The molecule has 0 radical (unpaired) electrons. The van der Waals surface area contributed by atoms with Gasteiger partial charge in [-0.15, -0.1) is 0 Å². The van der Waals surface area contributed by atoms with Crippen LogP contribution in [-0.4, -0.2) is 25.8 Å². The fourth-order valence-electron chi connectivity index (χ4n) is 2.36. The number of aryl methyl sites for hydroxylation is 1. The second-order valence-corrected chi connectivity index (χ2v) is 5.77. The summed E-state index contributed by atoms with van der Waals surface area (Å²) in [5, 5.41) is 3.11. The van der Waals surface area contributed by atoms with E-state index in [9.17, 15) is 0 Å². The lowest BCUT2D eigenvalue weighted by molar-refractivity contribution is 0.0453. The van der Waals surface area contributed by atoms with Crippen LogP contribution in [0.15, 0.2) is 53.5 Å². The van der Waals surface area contributed by atoms with E-state index >= 15 is 0 Å². The van der Waals surface area contributed by atoms with Crippen LogP contribution in [0, 0.1) is 6.92 Å². The van der Waals surface area contributed by atoms with E-state index in [0.717, 1.165) is 23.4 Å². The molecule has 0 unspecified atom stereocenters. The molecular formula is C20H27N3O2. The Kier molecular flexibility index (Phi) is 7.95. The summed E-state index contributed by atoms with van der Waals surface area (Å²) in [6, 6.07) is 16.2. The van der Waals surface area contributed by atoms with Crippen LogP contribution in [0.2, 0.25) is 0 Å². The Bertz CT molecular complexity index is 686. The van der Waals surface area contributed by atoms with Crippen LogP contribution >= 0.6 is 0 Å². The Balaban J connectivity index is 1.84. The van der Waals surface area contributed by atoms with Crippen LogP contribution in [0.25, 0.3) is 0 Å². The number of benzene rings is 2. The standard InChI is InChI=1S/C20H27N3O2/c1-3-24-10-11-25-15-18-8-5-7-17(13-18)14-22-20(21)23-19-9-4-6-16(2)12-19/h4-9,12-13H,3,10-11,14-15H2,1-2H3,(H3,21,22,23). The lowest BCUT2D eigenvalue weighted by atomic mass is 10.1. The van der Waals surface area contributed by atoms with E-state index in [1.807, 2.05) is 56.3 Å². The van der Waals surface area contributed by atoms with Crippen LogP contribution in [-0.2, 0) is 22.6 Å². The first-order chi connectivity index (χ1) is 12.2. The SMILES string of the molecule is CCOCCOCc1cccc(CN=C(N)Nc2cccc(C)c2)c1. The third kappa shape index (κ3) is 7.37. The third-order valence-corrected chi connectivity index (χ3v) is 3.56. The summed E-state index contributed by atoms with van der Waals surface area (Å²) in [5.41, 5.74) is 10.3. The summed E-state index contributed by atoms with van der Waals surface area (Å²) in [4.78, 5) is 4.40. The highest BCUT2D eigenvalue weighted by Crippen LogP contribution is 2.10. The minimum absolute atomic E-state index is 0.406. The number of guanidine groups is 1. The molecule has 0 aliphatic heterocycles. The first kappa shape index (κ1) is 19.0. The number of anilines is 1. The largest absolute Gasteiger partial charge is 0.379 e. The molecule has 0 fully saturated rings. The summed E-state index contributed by atoms with van der Waals surface area (Å²) < 4.78 is 10.8. The Morgan fingerprint density at radius 3 is 2.60 bits per heavy atom. The van der Waals surface area contributed by atoms with Gasteiger partial charge in [-0.2, -0.15) is 0 Å². The fourth-order valence-corrected chi connectivity index (χ4v) is 2.36. The Labute approximate surface area is 149 Å². The van der Waals surface area contributed by atoms with Gasteiger partial charge < -0.3 is 20.5 Å².